The molecule has 0 bridgehead atoms. The van der Waals surface area contributed by atoms with Gasteiger partial charge in [0.25, 0.3) is 0 Å². The zero-order chi connectivity index (χ0) is 22.9. The molecule has 0 saturated heterocycles. The molecule has 0 aliphatic carbocycles. The lowest BCUT2D eigenvalue weighted by Crippen LogP contribution is -2.15. The second-order valence-corrected chi connectivity index (χ2v) is 8.14. The number of amides is 1. The third-order valence-electron chi connectivity index (χ3n) is 4.38. The van der Waals surface area contributed by atoms with Crippen LogP contribution in [0.3, 0.4) is 0 Å². The summed E-state index contributed by atoms with van der Waals surface area (Å²) in [5, 5.41) is 12.6. The Bertz CT molecular complexity index is 1070. The normalized spacial score (nSPS) is 10.6. The van der Waals surface area contributed by atoms with E-state index in [-0.39, 0.29) is 18.3 Å². The Morgan fingerprint density at radius 3 is 2.62 bits per heavy atom. The maximum atomic E-state index is 12.4. The Labute approximate surface area is 196 Å². The molecule has 2 aromatic carbocycles. The Morgan fingerprint density at radius 2 is 1.94 bits per heavy atom. The molecule has 0 spiro atoms. The number of rotatable bonds is 11. The molecule has 9 heteroatoms. The van der Waals surface area contributed by atoms with E-state index in [1.54, 1.807) is 12.1 Å². The van der Waals surface area contributed by atoms with Crippen LogP contribution in [0.5, 0.6) is 11.5 Å². The summed E-state index contributed by atoms with van der Waals surface area (Å²) in [6, 6.07) is 12.7. The molecule has 0 saturated carbocycles. The molecular formula is C23H25ClN4O3S. The number of allylic oxidation sites excluding steroid dienone is 1. The van der Waals surface area contributed by atoms with Crippen LogP contribution in [0.25, 0.3) is 0 Å². The Kier molecular flexibility index (Phi) is 8.58. The third kappa shape index (κ3) is 6.51. The number of carbonyl (C=O) groups is 1. The highest BCUT2D eigenvalue weighted by Gasteiger charge is 2.14. The van der Waals surface area contributed by atoms with E-state index in [0.29, 0.717) is 40.6 Å². The Morgan fingerprint density at radius 1 is 1.19 bits per heavy atom. The van der Waals surface area contributed by atoms with Gasteiger partial charge in [-0.05, 0) is 61.9 Å². The average Bonchev–Trinajstić information content (AvgIpc) is 3.16. The SMILES string of the molecule is C=CCn1c(COc2ccc(Cl)c(C)c2)nnc1SCC(=O)Nc1ccc(OCC)cc1. The van der Waals surface area contributed by atoms with Crippen molar-refractivity contribution in [2.45, 2.75) is 32.2 Å². The lowest BCUT2D eigenvalue weighted by molar-refractivity contribution is -0.113. The topological polar surface area (TPSA) is 78.3 Å². The van der Waals surface area contributed by atoms with Crippen molar-refractivity contribution in [3.63, 3.8) is 0 Å². The van der Waals surface area contributed by atoms with Gasteiger partial charge in [0.1, 0.15) is 18.1 Å². The fraction of sp³-hybridized carbons (Fsp3) is 0.261. The number of anilines is 1. The molecule has 3 rings (SSSR count). The highest BCUT2D eigenvalue weighted by atomic mass is 35.5. The molecule has 32 heavy (non-hydrogen) atoms. The minimum Gasteiger partial charge on any atom is -0.494 e. The summed E-state index contributed by atoms with van der Waals surface area (Å²) in [6.45, 7) is 8.98. The van der Waals surface area contributed by atoms with E-state index in [4.69, 9.17) is 21.1 Å². The van der Waals surface area contributed by atoms with Crippen molar-refractivity contribution < 1.29 is 14.3 Å². The number of aryl methyl sites for hydroxylation is 1. The molecule has 0 atom stereocenters. The highest BCUT2D eigenvalue weighted by Crippen LogP contribution is 2.23. The minimum absolute atomic E-state index is 0.137. The van der Waals surface area contributed by atoms with Crippen LogP contribution in [0.2, 0.25) is 5.02 Å². The number of halogens is 1. The lowest BCUT2D eigenvalue weighted by Gasteiger charge is -2.10. The van der Waals surface area contributed by atoms with Crippen molar-refractivity contribution in [1.29, 1.82) is 0 Å². The van der Waals surface area contributed by atoms with E-state index < -0.39 is 0 Å². The largest absolute Gasteiger partial charge is 0.494 e. The Balaban J connectivity index is 1.58. The van der Waals surface area contributed by atoms with Crippen LogP contribution in [0.15, 0.2) is 60.3 Å². The molecule has 0 fully saturated rings. The summed E-state index contributed by atoms with van der Waals surface area (Å²) < 4.78 is 13.1. The standard InChI is InChI=1S/C23H25ClN4O3S/c1-4-12-28-21(14-31-19-10-11-20(24)16(3)13-19)26-27-23(28)32-15-22(29)25-17-6-8-18(9-7-17)30-5-2/h4,6-11,13H,1,5,12,14-15H2,2-3H3,(H,25,29). The van der Waals surface area contributed by atoms with Crippen LogP contribution >= 0.6 is 23.4 Å². The molecule has 1 aromatic heterocycles. The molecule has 1 amide bonds. The summed E-state index contributed by atoms with van der Waals surface area (Å²) >= 11 is 7.37. The molecule has 0 radical (unpaired) electrons. The first-order chi connectivity index (χ1) is 15.5. The smallest absolute Gasteiger partial charge is 0.234 e. The summed E-state index contributed by atoms with van der Waals surface area (Å²) in [6.07, 6.45) is 1.75. The number of nitrogens with zero attached hydrogens (tertiary/aromatic N) is 3. The lowest BCUT2D eigenvalue weighted by atomic mass is 10.2. The van der Waals surface area contributed by atoms with Crippen molar-refractivity contribution >= 4 is 35.0 Å². The second-order valence-electron chi connectivity index (χ2n) is 6.79. The van der Waals surface area contributed by atoms with Gasteiger partial charge in [-0.1, -0.05) is 29.4 Å². The van der Waals surface area contributed by atoms with Crippen LogP contribution in [0, 0.1) is 6.92 Å². The van der Waals surface area contributed by atoms with E-state index in [0.717, 1.165) is 11.3 Å². The van der Waals surface area contributed by atoms with Crippen LogP contribution < -0.4 is 14.8 Å². The molecule has 3 aromatic rings. The summed E-state index contributed by atoms with van der Waals surface area (Å²) in [7, 11) is 0. The fourth-order valence-electron chi connectivity index (χ4n) is 2.83. The van der Waals surface area contributed by atoms with Gasteiger partial charge in [0.05, 0.1) is 12.4 Å². The van der Waals surface area contributed by atoms with E-state index in [1.807, 2.05) is 54.8 Å². The van der Waals surface area contributed by atoms with Gasteiger partial charge in [0.15, 0.2) is 11.0 Å². The van der Waals surface area contributed by atoms with Gasteiger partial charge >= 0.3 is 0 Å². The first-order valence-electron chi connectivity index (χ1n) is 10.1. The first-order valence-corrected chi connectivity index (χ1v) is 11.4. The number of nitrogens with one attached hydrogen (secondary N) is 1. The molecule has 1 heterocycles. The number of hydrogen-bond acceptors (Lipinski definition) is 6. The van der Waals surface area contributed by atoms with E-state index in [9.17, 15) is 4.79 Å². The molecule has 168 valence electrons. The number of hydrogen-bond donors (Lipinski definition) is 1. The highest BCUT2D eigenvalue weighted by molar-refractivity contribution is 7.99. The summed E-state index contributed by atoms with van der Waals surface area (Å²) in [5.41, 5.74) is 1.64. The van der Waals surface area contributed by atoms with Crippen LogP contribution in [-0.2, 0) is 17.9 Å². The number of carbonyl (C=O) groups excluding carboxylic acids is 1. The van der Waals surface area contributed by atoms with Gasteiger partial charge in [-0.2, -0.15) is 0 Å². The molecule has 0 unspecified atom stereocenters. The summed E-state index contributed by atoms with van der Waals surface area (Å²) in [5.74, 6) is 2.17. The van der Waals surface area contributed by atoms with Crippen molar-refractivity contribution in [3.8, 4) is 11.5 Å². The number of aromatic nitrogens is 3. The van der Waals surface area contributed by atoms with Gasteiger partial charge in [-0.15, -0.1) is 16.8 Å². The molecule has 7 nitrogen and oxygen atoms in total. The predicted octanol–water partition coefficient (Wildman–Crippen LogP) is 5.13. The number of benzene rings is 2. The summed E-state index contributed by atoms with van der Waals surface area (Å²) in [4.78, 5) is 12.4. The third-order valence-corrected chi connectivity index (χ3v) is 5.77. The van der Waals surface area contributed by atoms with Gasteiger partial charge < -0.3 is 14.8 Å². The van der Waals surface area contributed by atoms with Crippen molar-refractivity contribution in [3.05, 3.63) is 71.5 Å². The van der Waals surface area contributed by atoms with E-state index >= 15 is 0 Å². The van der Waals surface area contributed by atoms with Crippen LogP contribution in [0.1, 0.15) is 18.3 Å². The van der Waals surface area contributed by atoms with Crippen molar-refractivity contribution in [2.24, 2.45) is 0 Å². The van der Waals surface area contributed by atoms with E-state index in [1.165, 1.54) is 11.8 Å². The first kappa shape index (κ1) is 23.7. The number of ether oxygens (including phenoxy) is 2. The monoisotopic (exact) mass is 472 g/mol. The maximum absolute atomic E-state index is 12.4. The molecule has 0 aliphatic rings. The second kappa shape index (κ2) is 11.6. The van der Waals surface area contributed by atoms with Gasteiger partial charge in [-0.25, -0.2) is 0 Å². The zero-order valence-corrected chi connectivity index (χ0v) is 19.6. The zero-order valence-electron chi connectivity index (χ0n) is 18.0. The van der Waals surface area contributed by atoms with Crippen molar-refractivity contribution in [1.82, 2.24) is 14.8 Å². The molecular weight excluding hydrogens is 448 g/mol. The van der Waals surface area contributed by atoms with Crippen LogP contribution in [-0.4, -0.2) is 33.0 Å². The molecule has 0 aliphatic heterocycles. The van der Waals surface area contributed by atoms with E-state index in [2.05, 4.69) is 22.1 Å². The number of thioether (sulfide) groups is 1. The van der Waals surface area contributed by atoms with Gasteiger partial charge in [0.2, 0.25) is 5.91 Å². The Hall–Kier alpha value is -2.97. The molecule has 1 N–H and O–H groups in total. The quantitative estimate of drug-likeness (QED) is 0.307. The average molecular weight is 473 g/mol. The fourth-order valence-corrected chi connectivity index (χ4v) is 3.71. The maximum Gasteiger partial charge on any atom is 0.234 e. The minimum atomic E-state index is -0.137. The van der Waals surface area contributed by atoms with Gasteiger partial charge in [0, 0.05) is 17.3 Å². The van der Waals surface area contributed by atoms with Crippen LogP contribution in [0.4, 0.5) is 5.69 Å². The van der Waals surface area contributed by atoms with Crippen molar-refractivity contribution in [2.75, 3.05) is 17.7 Å². The predicted molar refractivity (Wildman–Crippen MR) is 128 cm³/mol. The van der Waals surface area contributed by atoms with Gasteiger partial charge in [-0.3, -0.25) is 9.36 Å².